The summed E-state index contributed by atoms with van der Waals surface area (Å²) in [6.07, 6.45) is -0.876. The molecule has 2 atom stereocenters. The molecule has 0 spiro atoms. The zero-order valence-corrected chi connectivity index (χ0v) is 11.7. The minimum atomic E-state index is -4.32. The van der Waals surface area contributed by atoms with E-state index in [9.17, 15) is 18.0 Å². The molecule has 0 radical (unpaired) electrons. The molecule has 1 aromatic rings. The Balaban J connectivity index is 1.84. The number of aryl methyl sites for hydroxylation is 1. The van der Waals surface area contributed by atoms with Gasteiger partial charge in [0.05, 0.1) is 17.9 Å². The van der Waals surface area contributed by atoms with Crippen LogP contribution in [0.5, 0.6) is 0 Å². The van der Waals surface area contributed by atoms with Gasteiger partial charge in [0.15, 0.2) is 0 Å². The van der Waals surface area contributed by atoms with Gasteiger partial charge in [-0.15, -0.1) is 0 Å². The van der Waals surface area contributed by atoms with Crippen LogP contribution in [-0.4, -0.2) is 30.8 Å². The molecule has 1 N–H and O–H groups in total. The van der Waals surface area contributed by atoms with Gasteiger partial charge in [-0.05, 0) is 38.7 Å². The number of amides is 1. The number of halogens is 3. The summed E-state index contributed by atoms with van der Waals surface area (Å²) >= 11 is 0. The molecule has 4 nitrogen and oxygen atoms in total. The lowest BCUT2D eigenvalue weighted by Gasteiger charge is -2.30. The first-order valence-electron chi connectivity index (χ1n) is 6.88. The second-order valence-electron chi connectivity index (χ2n) is 5.28. The van der Waals surface area contributed by atoms with Crippen molar-refractivity contribution in [1.82, 2.24) is 5.32 Å². The van der Waals surface area contributed by atoms with Crippen molar-refractivity contribution in [3.05, 3.63) is 23.7 Å². The zero-order chi connectivity index (χ0) is 15.5. The van der Waals surface area contributed by atoms with Crippen LogP contribution in [0.3, 0.4) is 0 Å². The van der Waals surface area contributed by atoms with Gasteiger partial charge in [0, 0.05) is 6.04 Å². The van der Waals surface area contributed by atoms with E-state index in [0.717, 1.165) is 12.8 Å². The molecular formula is C14H18F3NO3. The Bertz CT molecular complexity index is 484. The van der Waals surface area contributed by atoms with Gasteiger partial charge in [0.25, 0.3) is 5.91 Å². The third-order valence-corrected chi connectivity index (χ3v) is 3.55. The number of rotatable bonds is 4. The summed E-state index contributed by atoms with van der Waals surface area (Å²) in [6.45, 7) is 0.449. The highest BCUT2D eigenvalue weighted by molar-refractivity contribution is 5.95. The Morgan fingerprint density at radius 3 is 2.86 bits per heavy atom. The van der Waals surface area contributed by atoms with Crippen LogP contribution in [-0.2, 0) is 4.74 Å². The molecule has 0 bridgehead atoms. The molecule has 0 aromatic carbocycles. The van der Waals surface area contributed by atoms with Gasteiger partial charge >= 0.3 is 6.18 Å². The van der Waals surface area contributed by atoms with Crippen LogP contribution < -0.4 is 5.32 Å². The van der Waals surface area contributed by atoms with E-state index in [1.165, 1.54) is 6.26 Å². The van der Waals surface area contributed by atoms with Crippen molar-refractivity contribution in [1.29, 1.82) is 0 Å². The minimum Gasteiger partial charge on any atom is -0.469 e. The normalized spacial score (nSPS) is 23.0. The minimum absolute atomic E-state index is 0.168. The Hall–Kier alpha value is -1.50. The molecule has 1 aliphatic rings. The number of ether oxygens (including phenoxy) is 1. The van der Waals surface area contributed by atoms with Crippen molar-refractivity contribution >= 4 is 5.91 Å². The quantitative estimate of drug-likeness (QED) is 0.929. The van der Waals surface area contributed by atoms with Crippen molar-refractivity contribution in [2.75, 3.05) is 6.61 Å². The van der Waals surface area contributed by atoms with E-state index in [4.69, 9.17) is 9.15 Å². The maximum Gasteiger partial charge on any atom is 0.411 e. The average Bonchev–Trinajstić information content (AvgIpc) is 2.82. The van der Waals surface area contributed by atoms with E-state index in [0.29, 0.717) is 24.2 Å². The van der Waals surface area contributed by atoms with Crippen LogP contribution in [0.2, 0.25) is 0 Å². The molecule has 0 saturated heterocycles. The molecule has 2 unspecified atom stereocenters. The predicted molar refractivity (Wildman–Crippen MR) is 69.0 cm³/mol. The molecular weight excluding hydrogens is 287 g/mol. The Morgan fingerprint density at radius 1 is 1.48 bits per heavy atom. The summed E-state index contributed by atoms with van der Waals surface area (Å²) in [7, 11) is 0. The van der Waals surface area contributed by atoms with Crippen molar-refractivity contribution in [2.45, 2.75) is 50.9 Å². The average molecular weight is 305 g/mol. The smallest absolute Gasteiger partial charge is 0.411 e. The summed E-state index contributed by atoms with van der Waals surface area (Å²) in [5.41, 5.74) is 0.452. The maximum atomic E-state index is 12.1. The van der Waals surface area contributed by atoms with Gasteiger partial charge in [-0.3, -0.25) is 4.79 Å². The number of carbonyl (C=O) groups excluding carboxylic acids is 1. The fourth-order valence-corrected chi connectivity index (χ4v) is 2.52. The van der Waals surface area contributed by atoms with Gasteiger partial charge in [-0.25, -0.2) is 0 Å². The predicted octanol–water partition coefficient (Wildman–Crippen LogP) is 3.21. The summed E-state index contributed by atoms with van der Waals surface area (Å²) in [5.74, 6) is 0.260. The van der Waals surface area contributed by atoms with Crippen LogP contribution in [0, 0.1) is 6.92 Å². The fourth-order valence-electron chi connectivity index (χ4n) is 2.52. The molecule has 1 aromatic heterocycles. The molecule has 118 valence electrons. The summed E-state index contributed by atoms with van der Waals surface area (Å²) in [5, 5.41) is 2.83. The second kappa shape index (κ2) is 6.51. The molecule has 1 heterocycles. The maximum absolute atomic E-state index is 12.1. The van der Waals surface area contributed by atoms with Crippen molar-refractivity contribution in [2.24, 2.45) is 0 Å². The number of nitrogens with one attached hydrogen (secondary N) is 1. The van der Waals surface area contributed by atoms with Crippen LogP contribution in [0.15, 0.2) is 16.7 Å². The third kappa shape index (κ3) is 4.77. The Kier molecular flexibility index (Phi) is 4.92. The summed E-state index contributed by atoms with van der Waals surface area (Å²) in [6, 6.07) is 1.41. The fraction of sp³-hybridized carbons (Fsp3) is 0.643. The highest BCUT2D eigenvalue weighted by Gasteiger charge is 2.31. The van der Waals surface area contributed by atoms with Crippen LogP contribution in [0.1, 0.15) is 41.8 Å². The van der Waals surface area contributed by atoms with Crippen molar-refractivity contribution in [3.8, 4) is 0 Å². The van der Waals surface area contributed by atoms with E-state index in [1.807, 2.05) is 0 Å². The number of hydrogen-bond donors (Lipinski definition) is 1. The van der Waals surface area contributed by atoms with Crippen molar-refractivity contribution in [3.63, 3.8) is 0 Å². The van der Waals surface area contributed by atoms with Gasteiger partial charge < -0.3 is 14.5 Å². The highest BCUT2D eigenvalue weighted by Crippen LogP contribution is 2.24. The van der Waals surface area contributed by atoms with Gasteiger partial charge in [-0.2, -0.15) is 13.2 Å². The van der Waals surface area contributed by atoms with E-state index < -0.39 is 18.9 Å². The van der Waals surface area contributed by atoms with E-state index in [1.54, 1.807) is 13.0 Å². The van der Waals surface area contributed by atoms with E-state index in [2.05, 4.69) is 5.32 Å². The molecule has 1 fully saturated rings. The van der Waals surface area contributed by atoms with Crippen LogP contribution >= 0.6 is 0 Å². The molecule has 2 rings (SSSR count). The standard InChI is InChI=1S/C14H18F3NO3/c1-9-12(5-6-20-9)13(19)18-10-3-2-4-11(7-10)21-8-14(15,16)17/h5-6,10-11H,2-4,7-8H2,1H3,(H,18,19). The number of hydrogen-bond acceptors (Lipinski definition) is 3. The molecule has 7 heteroatoms. The summed E-state index contributed by atoms with van der Waals surface area (Å²) in [4.78, 5) is 12.0. The first-order valence-corrected chi connectivity index (χ1v) is 6.88. The first kappa shape index (κ1) is 15.9. The van der Waals surface area contributed by atoms with Crippen molar-refractivity contribution < 1.29 is 27.1 Å². The summed E-state index contributed by atoms with van der Waals surface area (Å²) < 4.78 is 46.4. The first-order chi connectivity index (χ1) is 9.85. The Labute approximate surface area is 120 Å². The highest BCUT2D eigenvalue weighted by atomic mass is 19.4. The largest absolute Gasteiger partial charge is 0.469 e. The van der Waals surface area contributed by atoms with Gasteiger partial charge in [-0.1, -0.05) is 0 Å². The van der Waals surface area contributed by atoms with Crippen LogP contribution in [0.25, 0.3) is 0 Å². The molecule has 21 heavy (non-hydrogen) atoms. The number of alkyl halides is 3. The zero-order valence-electron chi connectivity index (χ0n) is 11.7. The lowest BCUT2D eigenvalue weighted by atomic mass is 9.92. The molecule has 1 aliphatic carbocycles. The van der Waals surface area contributed by atoms with Gasteiger partial charge in [0.1, 0.15) is 12.4 Å². The number of furan rings is 1. The second-order valence-corrected chi connectivity index (χ2v) is 5.28. The topological polar surface area (TPSA) is 51.5 Å². The van der Waals surface area contributed by atoms with E-state index >= 15 is 0 Å². The lowest BCUT2D eigenvalue weighted by molar-refractivity contribution is -0.188. The molecule has 0 aliphatic heterocycles. The van der Waals surface area contributed by atoms with Crippen LogP contribution in [0.4, 0.5) is 13.2 Å². The monoisotopic (exact) mass is 305 g/mol. The Morgan fingerprint density at radius 2 is 2.24 bits per heavy atom. The lowest BCUT2D eigenvalue weighted by Crippen LogP contribution is -2.41. The number of carbonyl (C=O) groups is 1. The molecule has 1 saturated carbocycles. The SMILES string of the molecule is Cc1occc1C(=O)NC1CCCC(OCC(F)(F)F)C1. The third-order valence-electron chi connectivity index (χ3n) is 3.55. The van der Waals surface area contributed by atoms with E-state index in [-0.39, 0.29) is 11.9 Å². The molecule has 1 amide bonds. The van der Waals surface area contributed by atoms with Gasteiger partial charge in [0.2, 0.25) is 0 Å².